The van der Waals surface area contributed by atoms with Gasteiger partial charge in [-0.05, 0) is 146 Å². The fourth-order valence-electron chi connectivity index (χ4n) is 6.40. The second-order valence-electron chi connectivity index (χ2n) is 13.9. The van der Waals surface area contributed by atoms with Gasteiger partial charge < -0.3 is 4.74 Å². The predicted molar refractivity (Wildman–Crippen MR) is 204 cm³/mol. The van der Waals surface area contributed by atoms with Crippen LogP contribution in [0.4, 0.5) is 0 Å². The van der Waals surface area contributed by atoms with E-state index in [-0.39, 0.29) is 0 Å². The van der Waals surface area contributed by atoms with E-state index >= 15 is 0 Å². The Morgan fingerprint density at radius 3 is 1.16 bits per heavy atom. The molecule has 1 heterocycles. The molecule has 0 spiro atoms. The topological polar surface area (TPSA) is 46.9 Å². The van der Waals surface area contributed by atoms with Crippen LogP contribution in [0.25, 0.3) is 0 Å². The Hall–Kier alpha value is 0.320. The molecule has 0 radical (unpaired) electrons. The smallest absolute Gasteiger partial charge is 0.225 e. The Morgan fingerprint density at radius 1 is 0.614 bits per heavy atom. The van der Waals surface area contributed by atoms with Gasteiger partial charge in [-0.3, -0.25) is 18.7 Å². The molecule has 1 aliphatic heterocycles. The zero-order chi connectivity index (χ0) is 33.9. The lowest BCUT2D eigenvalue weighted by Crippen LogP contribution is -2.53. The SMILES string of the molecule is COc1ccc(P2(=S)N=NC(P(N(C(C)C)C(C)C)N(C(C)C)C(C)C)(P(N(C(C)C)C(C)C)N(C(C)C)C(C)C)S2)cc1. The van der Waals surface area contributed by atoms with Crippen molar-refractivity contribution in [2.45, 2.75) is 163 Å². The predicted octanol–water partition coefficient (Wildman–Crippen LogP) is 10.5. The number of hydrogen-bond donors (Lipinski definition) is 0. The molecule has 0 N–H and O–H groups in total. The summed E-state index contributed by atoms with van der Waals surface area (Å²) in [6, 6.07) is 10.9. The minimum absolute atomic E-state index is 0.322. The maximum Gasteiger partial charge on any atom is 0.225 e. The number of ether oxygens (including phenoxy) is 1. The van der Waals surface area contributed by atoms with Crippen LogP contribution in [0, 0.1) is 0 Å². The van der Waals surface area contributed by atoms with E-state index in [9.17, 15) is 0 Å². The van der Waals surface area contributed by atoms with E-state index in [0.717, 1.165) is 11.1 Å². The Balaban J connectivity index is 3.18. The summed E-state index contributed by atoms with van der Waals surface area (Å²) in [5.41, 5.74) is 0. The van der Waals surface area contributed by atoms with Crippen molar-refractivity contribution in [3.8, 4) is 5.75 Å². The summed E-state index contributed by atoms with van der Waals surface area (Å²) in [5, 5.41) is 4.27. The number of methoxy groups -OCH3 is 1. The lowest BCUT2D eigenvalue weighted by Gasteiger charge is -2.59. The summed E-state index contributed by atoms with van der Waals surface area (Å²) in [6.45, 7) is 37.6. The van der Waals surface area contributed by atoms with Crippen molar-refractivity contribution in [2.24, 2.45) is 10.00 Å². The van der Waals surface area contributed by atoms with Gasteiger partial charge in [-0.15, -0.1) is 4.88 Å². The van der Waals surface area contributed by atoms with Crippen molar-refractivity contribution in [2.75, 3.05) is 7.11 Å². The molecule has 1 aromatic carbocycles. The monoisotopic (exact) mass is 704 g/mol. The second kappa shape index (κ2) is 16.6. The van der Waals surface area contributed by atoms with Gasteiger partial charge in [-0.25, -0.2) is 0 Å². The van der Waals surface area contributed by atoms with E-state index in [4.69, 9.17) is 26.5 Å². The minimum atomic E-state index is -2.50. The molecular formula is C32H63N6OP3S2. The molecule has 0 fully saturated rings. The minimum Gasteiger partial charge on any atom is -0.497 e. The van der Waals surface area contributed by atoms with Crippen LogP contribution in [0.1, 0.15) is 111 Å². The first-order valence-corrected chi connectivity index (χ1v) is 23.1. The lowest BCUT2D eigenvalue weighted by molar-refractivity contribution is 0.241. The zero-order valence-corrected chi connectivity index (χ0v) is 35.0. The Bertz CT molecular complexity index is 998. The first-order chi connectivity index (χ1) is 20.3. The maximum absolute atomic E-state index is 6.69. The largest absolute Gasteiger partial charge is 0.497 e. The van der Waals surface area contributed by atoms with Gasteiger partial charge in [0.2, 0.25) is 4.35 Å². The van der Waals surface area contributed by atoms with E-state index in [1.54, 1.807) is 7.11 Å². The van der Waals surface area contributed by atoms with E-state index in [1.165, 1.54) is 0 Å². The summed E-state index contributed by atoms with van der Waals surface area (Å²) in [7, 11) is -0.373. The number of rotatable bonds is 16. The fourth-order valence-corrected chi connectivity index (χ4v) is 24.9. The molecule has 0 aliphatic carbocycles. The van der Waals surface area contributed by atoms with Gasteiger partial charge in [0.25, 0.3) is 0 Å². The molecule has 0 aromatic heterocycles. The van der Waals surface area contributed by atoms with Crippen molar-refractivity contribution in [1.82, 2.24) is 18.7 Å². The van der Waals surface area contributed by atoms with E-state index in [1.807, 2.05) is 23.5 Å². The maximum atomic E-state index is 6.69. The van der Waals surface area contributed by atoms with Crippen LogP contribution in [0.2, 0.25) is 0 Å². The van der Waals surface area contributed by atoms with E-state index < -0.39 is 26.2 Å². The van der Waals surface area contributed by atoms with Crippen LogP contribution < -0.4 is 10.0 Å². The molecule has 2 rings (SSSR count). The standard InChI is InChI=1S/C32H63N6OP3S2/c1-22(2)35(23(3)4)40(36(24(5)6)25(7)8)32(33-34-42(43,44-32)31-20-18-30(39-17)19-21-31)41(37(26(9)10)27(11)12)38(28(13)14)29(15)16/h18-29H,1-17H3. The van der Waals surface area contributed by atoms with Crippen molar-refractivity contribution in [3.05, 3.63) is 24.3 Å². The quantitative estimate of drug-likeness (QED) is 0.159. The molecule has 44 heavy (non-hydrogen) atoms. The third-order valence-electron chi connectivity index (χ3n) is 7.57. The van der Waals surface area contributed by atoms with Crippen LogP contribution in [-0.2, 0) is 11.8 Å². The van der Waals surface area contributed by atoms with Crippen LogP contribution in [0.5, 0.6) is 5.75 Å². The average Bonchev–Trinajstić information content (AvgIpc) is 3.25. The summed E-state index contributed by atoms with van der Waals surface area (Å²) in [5.74, 6) is 0.834. The molecule has 1 aliphatic rings. The summed E-state index contributed by atoms with van der Waals surface area (Å²) < 4.78 is 16.0. The highest BCUT2D eigenvalue weighted by atomic mass is 32.9. The van der Waals surface area contributed by atoms with Gasteiger partial charge in [-0.1, -0.05) is 11.8 Å². The molecule has 12 heteroatoms. The van der Waals surface area contributed by atoms with Gasteiger partial charge in [0.1, 0.15) is 5.75 Å². The molecule has 0 saturated carbocycles. The average molecular weight is 705 g/mol. The van der Waals surface area contributed by atoms with Gasteiger partial charge in [0, 0.05) is 53.6 Å². The van der Waals surface area contributed by atoms with Gasteiger partial charge in [0.05, 0.1) is 23.6 Å². The molecule has 7 nitrogen and oxygen atoms in total. The molecule has 1 unspecified atom stereocenters. The summed E-state index contributed by atoms with van der Waals surface area (Å²) in [4.78, 5) is 5.29. The number of nitrogens with zero attached hydrogens (tertiary/aromatic N) is 6. The van der Waals surface area contributed by atoms with Crippen molar-refractivity contribution in [3.63, 3.8) is 0 Å². The Morgan fingerprint density at radius 2 is 0.909 bits per heavy atom. The van der Waals surface area contributed by atoms with Crippen LogP contribution in [0.15, 0.2) is 34.3 Å². The Kier molecular flexibility index (Phi) is 15.3. The van der Waals surface area contributed by atoms with Crippen molar-refractivity contribution in [1.29, 1.82) is 0 Å². The molecule has 1 atom stereocenters. The Labute approximate surface area is 283 Å². The van der Waals surface area contributed by atoms with Crippen LogP contribution >= 0.6 is 33.2 Å². The highest BCUT2D eigenvalue weighted by molar-refractivity contribution is 8.75. The molecule has 0 saturated heterocycles. The summed E-state index contributed by atoms with van der Waals surface area (Å²) >= 11 is 8.63. The normalized spacial score (nSPS) is 19.3. The lowest BCUT2D eigenvalue weighted by atomic mass is 10.3. The van der Waals surface area contributed by atoms with Gasteiger partial charge in [0.15, 0.2) is 5.39 Å². The van der Waals surface area contributed by atoms with Crippen LogP contribution in [0.3, 0.4) is 0 Å². The third-order valence-corrected chi connectivity index (χ3v) is 23.5. The molecule has 0 amide bonds. The number of hydrogen-bond acceptors (Lipinski definition) is 8. The van der Waals surface area contributed by atoms with Crippen molar-refractivity contribution < 1.29 is 4.74 Å². The third kappa shape index (κ3) is 8.66. The van der Waals surface area contributed by atoms with E-state index in [0.29, 0.717) is 48.3 Å². The first kappa shape index (κ1) is 40.5. The molecular weight excluding hydrogens is 641 g/mol. The van der Waals surface area contributed by atoms with Crippen LogP contribution in [-0.4, -0.2) is 78.5 Å². The zero-order valence-electron chi connectivity index (χ0n) is 30.7. The highest BCUT2D eigenvalue weighted by Gasteiger charge is 2.64. The second-order valence-corrected chi connectivity index (χ2v) is 26.1. The molecule has 254 valence electrons. The summed E-state index contributed by atoms with van der Waals surface area (Å²) in [6.07, 6.45) is 0. The molecule has 0 bridgehead atoms. The number of benzene rings is 1. The van der Waals surface area contributed by atoms with Gasteiger partial charge >= 0.3 is 0 Å². The van der Waals surface area contributed by atoms with E-state index in [2.05, 4.69) is 142 Å². The highest BCUT2D eigenvalue weighted by Crippen LogP contribution is 2.88. The molecule has 1 aromatic rings. The first-order valence-electron chi connectivity index (χ1n) is 16.4. The fraction of sp³-hybridized carbons (Fsp3) is 0.812. The van der Waals surface area contributed by atoms with Crippen molar-refractivity contribution >= 4 is 50.3 Å². The van der Waals surface area contributed by atoms with Gasteiger partial charge in [-0.2, -0.15) is 5.11 Å².